The number of ether oxygens (including phenoxy) is 1. The molecular formula is C14H20Br2N2OSi. The fraction of sp³-hybridized carbons (Fsp3) is 0.500. The summed E-state index contributed by atoms with van der Waals surface area (Å²) in [6.07, 6.45) is 1.88. The number of nitrogens with zero attached hydrogens (tertiary/aromatic N) is 2. The van der Waals surface area contributed by atoms with Gasteiger partial charge < -0.3 is 4.74 Å². The average Bonchev–Trinajstić information content (AvgIpc) is 2.74. The van der Waals surface area contributed by atoms with Gasteiger partial charge in [-0.05, 0) is 40.5 Å². The zero-order valence-electron chi connectivity index (χ0n) is 12.3. The summed E-state index contributed by atoms with van der Waals surface area (Å²) in [6, 6.07) is 3.28. The third kappa shape index (κ3) is 3.72. The second-order valence-corrected chi connectivity index (χ2v) is 13.5. The maximum Gasteiger partial charge on any atom is 0.140 e. The Kier molecular flexibility index (Phi) is 5.10. The predicted octanol–water partition coefficient (Wildman–Crippen LogP) is 5.18. The normalized spacial score (nSPS) is 12.3. The maximum atomic E-state index is 5.79. The van der Waals surface area contributed by atoms with Gasteiger partial charge in [-0.15, -0.1) is 0 Å². The van der Waals surface area contributed by atoms with E-state index < -0.39 is 8.07 Å². The van der Waals surface area contributed by atoms with E-state index in [1.807, 2.05) is 10.9 Å². The minimum atomic E-state index is -1.03. The molecule has 0 N–H and O–H groups in total. The van der Waals surface area contributed by atoms with Crippen molar-refractivity contribution in [1.29, 1.82) is 0 Å². The molecule has 2 aromatic rings. The van der Waals surface area contributed by atoms with Crippen molar-refractivity contribution in [2.24, 2.45) is 0 Å². The Balaban J connectivity index is 2.14. The fourth-order valence-corrected chi connectivity index (χ4v) is 4.01. The molecule has 0 aliphatic heterocycles. The van der Waals surface area contributed by atoms with Gasteiger partial charge in [0.05, 0.1) is 11.7 Å². The van der Waals surface area contributed by atoms with Crippen molar-refractivity contribution in [3.63, 3.8) is 0 Å². The summed E-state index contributed by atoms with van der Waals surface area (Å²) in [5, 5.41) is 5.54. The molecule has 0 unspecified atom stereocenters. The van der Waals surface area contributed by atoms with Gasteiger partial charge in [0.1, 0.15) is 6.73 Å². The first-order chi connectivity index (χ1) is 9.29. The van der Waals surface area contributed by atoms with Gasteiger partial charge in [-0.2, -0.15) is 5.10 Å². The highest BCUT2D eigenvalue weighted by Gasteiger charge is 2.14. The smallest absolute Gasteiger partial charge is 0.140 e. The van der Waals surface area contributed by atoms with E-state index in [9.17, 15) is 0 Å². The van der Waals surface area contributed by atoms with Crippen LogP contribution < -0.4 is 0 Å². The summed E-state index contributed by atoms with van der Waals surface area (Å²) in [7, 11) is -1.03. The lowest BCUT2D eigenvalue weighted by molar-refractivity contribution is 0.0816. The molecule has 0 saturated carbocycles. The van der Waals surface area contributed by atoms with Crippen molar-refractivity contribution in [2.45, 2.75) is 39.3 Å². The van der Waals surface area contributed by atoms with Crippen LogP contribution in [0.5, 0.6) is 0 Å². The van der Waals surface area contributed by atoms with E-state index in [0.29, 0.717) is 6.73 Å². The molecule has 3 nitrogen and oxygen atoms in total. The van der Waals surface area contributed by atoms with Crippen LogP contribution in [0.1, 0.15) is 5.56 Å². The first kappa shape index (κ1) is 16.2. The second-order valence-electron chi connectivity index (χ2n) is 6.23. The number of rotatable bonds is 5. The highest BCUT2D eigenvalue weighted by Crippen LogP contribution is 2.32. The van der Waals surface area contributed by atoms with Crippen LogP contribution in [0.2, 0.25) is 25.7 Å². The van der Waals surface area contributed by atoms with Crippen molar-refractivity contribution < 1.29 is 4.74 Å². The summed E-state index contributed by atoms with van der Waals surface area (Å²) in [4.78, 5) is 0. The average molecular weight is 420 g/mol. The second kappa shape index (κ2) is 6.30. The Labute approximate surface area is 138 Å². The molecule has 0 bridgehead atoms. The van der Waals surface area contributed by atoms with Gasteiger partial charge in [0.15, 0.2) is 0 Å². The number of hydrogen-bond donors (Lipinski definition) is 0. The summed E-state index contributed by atoms with van der Waals surface area (Å²) in [5.74, 6) is 0. The fourth-order valence-electron chi connectivity index (χ4n) is 1.90. The van der Waals surface area contributed by atoms with E-state index in [1.54, 1.807) is 0 Å². The van der Waals surface area contributed by atoms with Crippen LogP contribution in [0.15, 0.2) is 21.2 Å². The van der Waals surface area contributed by atoms with Crippen LogP contribution in [0, 0.1) is 6.92 Å². The van der Waals surface area contributed by atoms with Crippen molar-refractivity contribution in [1.82, 2.24) is 9.78 Å². The van der Waals surface area contributed by atoms with E-state index in [0.717, 1.165) is 26.5 Å². The lowest BCUT2D eigenvalue weighted by atomic mass is 10.2. The van der Waals surface area contributed by atoms with Crippen LogP contribution >= 0.6 is 31.9 Å². The Hall–Kier alpha value is -0.173. The first-order valence-electron chi connectivity index (χ1n) is 6.67. The van der Waals surface area contributed by atoms with Gasteiger partial charge in [-0.3, -0.25) is 0 Å². The SMILES string of the molecule is Cc1c(Br)cc2cnn(COCC[Si](C)(C)C)c2c1Br. The topological polar surface area (TPSA) is 27.1 Å². The Morgan fingerprint density at radius 2 is 2.00 bits per heavy atom. The van der Waals surface area contributed by atoms with Gasteiger partial charge >= 0.3 is 0 Å². The highest BCUT2D eigenvalue weighted by molar-refractivity contribution is 9.11. The molecule has 2 rings (SSSR count). The molecule has 0 atom stereocenters. The summed E-state index contributed by atoms with van der Waals surface area (Å²) < 4.78 is 9.88. The molecule has 1 aromatic carbocycles. The largest absolute Gasteiger partial charge is 0.360 e. The van der Waals surface area contributed by atoms with Gasteiger partial charge in [0, 0.05) is 29.0 Å². The Bertz CT molecular complexity index is 620. The molecule has 0 spiro atoms. The van der Waals surface area contributed by atoms with E-state index in [1.165, 1.54) is 11.6 Å². The van der Waals surface area contributed by atoms with Crippen molar-refractivity contribution in [2.75, 3.05) is 6.61 Å². The van der Waals surface area contributed by atoms with Crippen molar-refractivity contribution >= 4 is 50.8 Å². The zero-order chi connectivity index (χ0) is 14.9. The quantitative estimate of drug-likeness (QED) is 0.492. The number of aromatic nitrogens is 2. The van der Waals surface area contributed by atoms with E-state index in [2.05, 4.69) is 69.6 Å². The molecule has 0 radical (unpaired) electrons. The van der Waals surface area contributed by atoms with Crippen LogP contribution in [0.4, 0.5) is 0 Å². The van der Waals surface area contributed by atoms with E-state index in [-0.39, 0.29) is 0 Å². The number of hydrogen-bond acceptors (Lipinski definition) is 2. The zero-order valence-corrected chi connectivity index (χ0v) is 16.5. The minimum absolute atomic E-state index is 0.508. The highest BCUT2D eigenvalue weighted by atomic mass is 79.9. The predicted molar refractivity (Wildman–Crippen MR) is 94.0 cm³/mol. The van der Waals surface area contributed by atoms with Crippen LogP contribution in [-0.4, -0.2) is 24.5 Å². The number of fused-ring (bicyclic) bond motifs is 1. The third-order valence-corrected chi connectivity index (χ3v) is 6.75. The Morgan fingerprint density at radius 1 is 1.30 bits per heavy atom. The summed E-state index contributed by atoms with van der Waals surface area (Å²) in [6.45, 7) is 10.5. The van der Waals surface area contributed by atoms with Gasteiger partial charge in [0.25, 0.3) is 0 Å². The molecule has 0 aliphatic carbocycles. The van der Waals surface area contributed by atoms with Crippen LogP contribution in [0.3, 0.4) is 0 Å². The Morgan fingerprint density at radius 3 is 2.65 bits per heavy atom. The monoisotopic (exact) mass is 418 g/mol. The van der Waals surface area contributed by atoms with Crippen LogP contribution in [-0.2, 0) is 11.5 Å². The molecule has 20 heavy (non-hydrogen) atoms. The molecule has 110 valence electrons. The summed E-state index contributed by atoms with van der Waals surface area (Å²) in [5.41, 5.74) is 2.28. The molecule has 1 aromatic heterocycles. The first-order valence-corrected chi connectivity index (χ1v) is 12.0. The standard InChI is InChI=1S/C14H20Br2N2OSi/c1-10-12(15)7-11-8-17-18(14(11)13(10)16)9-19-5-6-20(2,3)4/h7-8H,5-6,9H2,1-4H3. The minimum Gasteiger partial charge on any atom is -0.360 e. The molecular weight excluding hydrogens is 400 g/mol. The molecule has 0 aliphatic rings. The van der Waals surface area contributed by atoms with E-state index in [4.69, 9.17) is 4.74 Å². The lowest BCUT2D eigenvalue weighted by Crippen LogP contribution is -2.22. The van der Waals surface area contributed by atoms with Gasteiger partial charge in [-0.1, -0.05) is 35.6 Å². The van der Waals surface area contributed by atoms with Gasteiger partial charge in [-0.25, -0.2) is 4.68 Å². The van der Waals surface area contributed by atoms with Crippen molar-refractivity contribution in [3.8, 4) is 0 Å². The van der Waals surface area contributed by atoms with Crippen molar-refractivity contribution in [3.05, 3.63) is 26.8 Å². The number of benzene rings is 1. The van der Waals surface area contributed by atoms with E-state index >= 15 is 0 Å². The third-order valence-electron chi connectivity index (χ3n) is 3.26. The maximum absolute atomic E-state index is 5.79. The molecule has 1 heterocycles. The number of halogens is 2. The lowest BCUT2D eigenvalue weighted by Gasteiger charge is -2.15. The summed E-state index contributed by atoms with van der Waals surface area (Å²) >= 11 is 7.23. The molecule has 0 saturated heterocycles. The van der Waals surface area contributed by atoms with Crippen LogP contribution in [0.25, 0.3) is 10.9 Å². The molecule has 0 fully saturated rings. The van der Waals surface area contributed by atoms with Gasteiger partial charge in [0.2, 0.25) is 0 Å². The molecule has 0 amide bonds. The molecule has 6 heteroatoms.